The molecule has 1 amide bonds. The topological polar surface area (TPSA) is 96.9 Å². The molecule has 0 radical (unpaired) electrons. The molecular formula is C19H34N3O5PS3. The van der Waals surface area contributed by atoms with Crippen LogP contribution < -0.4 is 0 Å². The lowest BCUT2D eigenvalue weighted by atomic mass is 10.3. The van der Waals surface area contributed by atoms with Gasteiger partial charge < -0.3 is 9.46 Å². The third-order valence-electron chi connectivity index (χ3n) is 4.66. The second kappa shape index (κ2) is 14.5. The minimum Gasteiger partial charge on any atom is -0.346 e. The van der Waals surface area contributed by atoms with Gasteiger partial charge in [0.1, 0.15) is 5.03 Å². The smallest absolute Gasteiger partial charge is 0.264 e. The SMILES string of the molecule is CCP(=O)(CCOS(C)(=O)=O)N(C)CCCN(C)C(=O)CCCSSc1ccccn1. The highest BCUT2D eigenvalue weighted by Gasteiger charge is 2.25. The number of hydrogen-bond acceptors (Lipinski definition) is 8. The fourth-order valence-electron chi connectivity index (χ4n) is 2.72. The van der Waals surface area contributed by atoms with E-state index < -0.39 is 17.4 Å². The number of pyridine rings is 1. The lowest BCUT2D eigenvalue weighted by Crippen LogP contribution is -2.30. The molecule has 0 spiro atoms. The summed E-state index contributed by atoms with van der Waals surface area (Å²) in [5.41, 5.74) is 0. The Morgan fingerprint density at radius 3 is 2.58 bits per heavy atom. The lowest BCUT2D eigenvalue weighted by molar-refractivity contribution is -0.129. The molecule has 8 nitrogen and oxygen atoms in total. The molecule has 1 atom stereocenters. The molecule has 0 fully saturated rings. The Morgan fingerprint density at radius 1 is 1.23 bits per heavy atom. The molecule has 0 aliphatic carbocycles. The average molecular weight is 512 g/mol. The summed E-state index contributed by atoms with van der Waals surface area (Å²) < 4.78 is 41.8. The number of hydrogen-bond donors (Lipinski definition) is 0. The third-order valence-corrected chi connectivity index (χ3v) is 10.9. The Kier molecular flexibility index (Phi) is 13.3. The molecule has 0 saturated heterocycles. The van der Waals surface area contributed by atoms with E-state index in [1.165, 1.54) is 0 Å². The Balaban J connectivity index is 2.24. The fourth-order valence-corrected chi connectivity index (χ4v) is 7.22. The minimum atomic E-state index is -3.53. The van der Waals surface area contributed by atoms with E-state index in [0.29, 0.717) is 32.1 Å². The normalized spacial score (nSPS) is 13.8. The van der Waals surface area contributed by atoms with Crippen LogP contribution >= 0.6 is 28.9 Å². The van der Waals surface area contributed by atoms with Gasteiger partial charge in [-0.05, 0) is 42.8 Å². The van der Waals surface area contributed by atoms with Gasteiger partial charge in [-0.3, -0.25) is 13.6 Å². The summed E-state index contributed by atoms with van der Waals surface area (Å²) in [7, 11) is 0.663. The molecule has 0 bridgehead atoms. The maximum absolute atomic E-state index is 13.0. The van der Waals surface area contributed by atoms with Crippen LogP contribution in [0.5, 0.6) is 0 Å². The minimum absolute atomic E-state index is 0.0800. The first-order chi connectivity index (χ1) is 14.6. The van der Waals surface area contributed by atoms with Gasteiger partial charge in [0.2, 0.25) is 5.91 Å². The van der Waals surface area contributed by atoms with E-state index in [2.05, 4.69) is 4.98 Å². The van der Waals surface area contributed by atoms with Crippen LogP contribution in [-0.4, -0.2) is 87.0 Å². The molecule has 1 aromatic heterocycles. The average Bonchev–Trinajstić information content (AvgIpc) is 2.72. The highest BCUT2D eigenvalue weighted by atomic mass is 33.1. The molecule has 12 heteroatoms. The predicted molar refractivity (Wildman–Crippen MR) is 130 cm³/mol. The lowest BCUT2D eigenvalue weighted by Gasteiger charge is -2.28. The second-order valence-corrected chi connectivity index (χ2v) is 14.7. The van der Waals surface area contributed by atoms with Crippen molar-refractivity contribution in [3.8, 4) is 0 Å². The number of amides is 1. The van der Waals surface area contributed by atoms with Crippen LogP contribution in [0.15, 0.2) is 29.4 Å². The summed E-state index contributed by atoms with van der Waals surface area (Å²) in [6, 6.07) is 5.80. The molecule has 1 aromatic rings. The van der Waals surface area contributed by atoms with Crippen molar-refractivity contribution in [1.82, 2.24) is 14.6 Å². The molecule has 31 heavy (non-hydrogen) atoms. The van der Waals surface area contributed by atoms with Crippen LogP contribution in [0.1, 0.15) is 26.2 Å². The first-order valence-electron chi connectivity index (χ1n) is 10.2. The maximum Gasteiger partial charge on any atom is 0.264 e. The van der Waals surface area contributed by atoms with E-state index in [1.54, 1.807) is 51.5 Å². The van der Waals surface area contributed by atoms with Crippen LogP contribution in [0.25, 0.3) is 0 Å². The van der Waals surface area contributed by atoms with Crippen molar-refractivity contribution >= 4 is 44.9 Å². The summed E-state index contributed by atoms with van der Waals surface area (Å²) in [6.45, 7) is 2.90. The number of carbonyl (C=O) groups is 1. The van der Waals surface area contributed by atoms with Crippen molar-refractivity contribution in [2.75, 3.05) is 58.1 Å². The zero-order valence-electron chi connectivity index (χ0n) is 18.7. The third kappa shape index (κ3) is 12.3. The first kappa shape index (κ1) is 28.5. The molecule has 0 aliphatic heterocycles. The van der Waals surface area contributed by atoms with Gasteiger partial charge in [0.05, 0.1) is 12.9 Å². The zero-order valence-corrected chi connectivity index (χ0v) is 22.1. The first-order valence-corrected chi connectivity index (χ1v) is 16.3. The second-order valence-electron chi connectivity index (χ2n) is 7.14. The predicted octanol–water partition coefficient (Wildman–Crippen LogP) is 3.66. The van der Waals surface area contributed by atoms with Crippen molar-refractivity contribution in [3.05, 3.63) is 24.4 Å². The summed E-state index contributed by atoms with van der Waals surface area (Å²) in [4.78, 5) is 18.3. The van der Waals surface area contributed by atoms with Crippen molar-refractivity contribution in [1.29, 1.82) is 0 Å². The summed E-state index contributed by atoms with van der Waals surface area (Å²) in [5.74, 6) is 0.977. The number of nitrogens with zero attached hydrogens (tertiary/aromatic N) is 3. The molecule has 178 valence electrons. The summed E-state index contributed by atoms with van der Waals surface area (Å²) in [5, 5.41) is 0.965. The number of rotatable bonds is 16. The van der Waals surface area contributed by atoms with Gasteiger partial charge in [-0.15, -0.1) is 0 Å². The van der Waals surface area contributed by atoms with Gasteiger partial charge in [-0.1, -0.05) is 23.8 Å². The van der Waals surface area contributed by atoms with E-state index in [4.69, 9.17) is 4.18 Å². The summed E-state index contributed by atoms with van der Waals surface area (Å²) in [6.07, 6.45) is 5.38. The molecule has 0 aliphatic rings. The van der Waals surface area contributed by atoms with Crippen molar-refractivity contribution < 1.29 is 22.0 Å². The van der Waals surface area contributed by atoms with E-state index in [1.807, 2.05) is 25.1 Å². The maximum atomic E-state index is 13.0. The van der Waals surface area contributed by atoms with Crippen LogP contribution in [-0.2, 0) is 23.7 Å². The van der Waals surface area contributed by atoms with Crippen molar-refractivity contribution in [3.63, 3.8) is 0 Å². The van der Waals surface area contributed by atoms with Crippen molar-refractivity contribution in [2.24, 2.45) is 0 Å². The van der Waals surface area contributed by atoms with Gasteiger partial charge in [0.25, 0.3) is 10.1 Å². The van der Waals surface area contributed by atoms with Gasteiger partial charge >= 0.3 is 0 Å². The highest BCUT2D eigenvalue weighted by molar-refractivity contribution is 8.76. The van der Waals surface area contributed by atoms with Crippen molar-refractivity contribution in [2.45, 2.75) is 31.2 Å². The quantitative estimate of drug-likeness (QED) is 0.143. The molecule has 1 heterocycles. The van der Waals surface area contributed by atoms with E-state index in [0.717, 1.165) is 23.5 Å². The van der Waals surface area contributed by atoms with Crippen LogP contribution in [0.4, 0.5) is 0 Å². The Labute approximate surface area is 194 Å². The molecule has 1 unspecified atom stereocenters. The molecule has 1 rings (SSSR count). The standard InChI is InChI=1S/C19H34N3O5PS3/c1-5-28(24,16-15-27-31(4,25)26)22(3)14-9-13-21(2)19(23)11-8-17-29-30-18-10-6-7-12-20-18/h6-7,10,12H,5,8-9,11,13-17H2,1-4H3. The highest BCUT2D eigenvalue weighted by Crippen LogP contribution is 2.47. The van der Waals surface area contributed by atoms with Gasteiger partial charge in [0.15, 0.2) is 7.29 Å². The van der Waals surface area contributed by atoms with Crippen LogP contribution in [0.3, 0.4) is 0 Å². The molecule has 0 aromatic carbocycles. The van der Waals surface area contributed by atoms with Crippen LogP contribution in [0, 0.1) is 0 Å². The molecular weight excluding hydrogens is 477 g/mol. The number of aromatic nitrogens is 1. The largest absolute Gasteiger partial charge is 0.346 e. The Morgan fingerprint density at radius 2 is 1.97 bits per heavy atom. The van der Waals surface area contributed by atoms with Gasteiger partial charge in [0, 0.05) is 50.8 Å². The Bertz CT molecular complexity index is 811. The van der Waals surface area contributed by atoms with E-state index >= 15 is 0 Å². The van der Waals surface area contributed by atoms with Crippen LogP contribution in [0.2, 0.25) is 0 Å². The van der Waals surface area contributed by atoms with E-state index in [-0.39, 0.29) is 18.7 Å². The molecule has 0 saturated carbocycles. The monoisotopic (exact) mass is 511 g/mol. The number of carbonyl (C=O) groups excluding carboxylic acids is 1. The van der Waals surface area contributed by atoms with E-state index in [9.17, 15) is 17.8 Å². The fraction of sp³-hybridized carbons (Fsp3) is 0.684. The Hall–Kier alpha value is -0.580. The summed E-state index contributed by atoms with van der Waals surface area (Å²) >= 11 is 0. The molecule has 0 N–H and O–H groups in total. The zero-order chi connectivity index (χ0) is 23.3. The van der Waals surface area contributed by atoms with Gasteiger partial charge in [-0.25, -0.2) is 4.98 Å². The van der Waals surface area contributed by atoms with Gasteiger partial charge in [-0.2, -0.15) is 8.42 Å².